The highest BCUT2D eigenvalue weighted by Crippen LogP contribution is 2.26. The van der Waals surface area contributed by atoms with E-state index in [2.05, 4.69) is 15.5 Å². The number of nitrogens with zero attached hydrogens (tertiary/aromatic N) is 3. The summed E-state index contributed by atoms with van der Waals surface area (Å²) in [6, 6.07) is 5.72. The van der Waals surface area contributed by atoms with Crippen LogP contribution >= 0.6 is 11.8 Å². The molecule has 2 aromatic rings. The van der Waals surface area contributed by atoms with Crippen LogP contribution in [-0.4, -0.2) is 53.0 Å². The van der Waals surface area contributed by atoms with Gasteiger partial charge >= 0.3 is 0 Å². The molecule has 0 saturated carbocycles. The van der Waals surface area contributed by atoms with Gasteiger partial charge in [-0.15, -0.1) is 10.2 Å². The Balaban J connectivity index is 1.72. The molecule has 11 nitrogen and oxygen atoms in total. The molecule has 5 N–H and O–H groups in total. The number of carbonyl (C=O) groups is 2. The lowest BCUT2D eigenvalue weighted by Crippen LogP contribution is -2.24. The van der Waals surface area contributed by atoms with Crippen molar-refractivity contribution in [2.24, 2.45) is 10.9 Å². The molecule has 1 aliphatic rings. The van der Waals surface area contributed by atoms with Gasteiger partial charge in [0.05, 0.1) is 22.8 Å². The van der Waals surface area contributed by atoms with Gasteiger partial charge in [0.1, 0.15) is 5.82 Å². The number of amides is 2. The van der Waals surface area contributed by atoms with Crippen molar-refractivity contribution in [3.63, 3.8) is 0 Å². The van der Waals surface area contributed by atoms with E-state index in [4.69, 9.17) is 15.6 Å². The molecular weight excluding hydrogens is 456 g/mol. The Labute approximate surface area is 190 Å². The van der Waals surface area contributed by atoms with Gasteiger partial charge in [0.15, 0.2) is 5.16 Å². The molecule has 0 radical (unpaired) electrons. The number of hydrogen-bond donors (Lipinski definition) is 3. The number of primary sulfonamides is 1. The fraction of sp³-hybridized carbons (Fsp3) is 0.474. The molecule has 2 amide bonds. The van der Waals surface area contributed by atoms with E-state index in [1.165, 1.54) is 30.0 Å². The fourth-order valence-corrected chi connectivity index (χ4v) is 4.64. The van der Waals surface area contributed by atoms with Crippen LogP contribution in [0.15, 0.2) is 34.3 Å². The third-order valence-corrected chi connectivity index (χ3v) is 6.87. The van der Waals surface area contributed by atoms with Crippen molar-refractivity contribution in [3.05, 3.63) is 30.1 Å². The van der Waals surface area contributed by atoms with Gasteiger partial charge in [0, 0.05) is 25.1 Å². The van der Waals surface area contributed by atoms with Crippen molar-refractivity contribution in [3.8, 4) is 0 Å². The lowest BCUT2D eigenvalue weighted by molar-refractivity contribution is -0.118. The quantitative estimate of drug-likeness (QED) is 0.414. The van der Waals surface area contributed by atoms with E-state index in [0.29, 0.717) is 36.2 Å². The van der Waals surface area contributed by atoms with E-state index in [0.717, 1.165) is 12.8 Å². The molecule has 0 bridgehead atoms. The van der Waals surface area contributed by atoms with Crippen LogP contribution in [0.3, 0.4) is 0 Å². The predicted octanol–water partition coefficient (Wildman–Crippen LogP) is 0.642. The SMILES string of the molecule is CC(Sc1nnc(CCC(N)=O)n1CC1CCCO1)C(=O)Nc1cccc(S(N)(=O)=O)c1. The summed E-state index contributed by atoms with van der Waals surface area (Å²) in [6.07, 6.45) is 2.39. The summed E-state index contributed by atoms with van der Waals surface area (Å²) < 4.78 is 30.6. The summed E-state index contributed by atoms with van der Waals surface area (Å²) in [5, 5.41) is 16.2. The zero-order valence-corrected chi connectivity index (χ0v) is 19.2. The number of ether oxygens (including phenoxy) is 1. The van der Waals surface area contributed by atoms with Crippen molar-refractivity contribution in [2.45, 2.75) is 60.6 Å². The highest BCUT2D eigenvalue weighted by atomic mass is 32.2. The minimum absolute atomic E-state index is 0.0164. The molecule has 1 aliphatic heterocycles. The fourth-order valence-electron chi connectivity index (χ4n) is 3.21. The van der Waals surface area contributed by atoms with Crippen molar-refractivity contribution < 1.29 is 22.7 Å². The maximum atomic E-state index is 12.7. The molecule has 32 heavy (non-hydrogen) atoms. The van der Waals surface area contributed by atoms with Crippen molar-refractivity contribution in [2.75, 3.05) is 11.9 Å². The molecule has 0 aliphatic carbocycles. The molecular formula is C19H26N6O5S2. The van der Waals surface area contributed by atoms with Crippen LogP contribution in [0.2, 0.25) is 0 Å². The van der Waals surface area contributed by atoms with Gasteiger partial charge in [0.2, 0.25) is 21.8 Å². The summed E-state index contributed by atoms with van der Waals surface area (Å²) in [5.41, 5.74) is 5.58. The van der Waals surface area contributed by atoms with Crippen molar-refractivity contribution in [1.82, 2.24) is 14.8 Å². The number of hydrogen-bond acceptors (Lipinski definition) is 8. The van der Waals surface area contributed by atoms with Gasteiger partial charge in [0.25, 0.3) is 0 Å². The number of carbonyl (C=O) groups excluding carboxylic acids is 2. The summed E-state index contributed by atoms with van der Waals surface area (Å²) >= 11 is 1.21. The Kier molecular flexibility index (Phi) is 7.87. The number of nitrogens with one attached hydrogen (secondary N) is 1. The van der Waals surface area contributed by atoms with Gasteiger partial charge < -0.3 is 20.4 Å². The second-order valence-electron chi connectivity index (χ2n) is 7.43. The normalized spacial score (nSPS) is 17.2. The van der Waals surface area contributed by atoms with Crippen LogP contribution in [0.25, 0.3) is 0 Å². The molecule has 1 aromatic carbocycles. The molecule has 174 valence electrons. The van der Waals surface area contributed by atoms with E-state index < -0.39 is 21.2 Å². The maximum Gasteiger partial charge on any atom is 0.238 e. The molecule has 0 spiro atoms. The van der Waals surface area contributed by atoms with Crippen LogP contribution in [0.5, 0.6) is 0 Å². The van der Waals surface area contributed by atoms with Crippen LogP contribution in [-0.2, 0) is 37.3 Å². The zero-order valence-electron chi connectivity index (χ0n) is 17.6. The minimum Gasteiger partial charge on any atom is -0.376 e. The number of nitrogens with two attached hydrogens (primary N) is 2. The lowest BCUT2D eigenvalue weighted by atomic mass is 10.2. The number of anilines is 1. The molecule has 13 heteroatoms. The standard InChI is InChI=1S/C19H26N6O5S2/c1-12(18(27)22-13-4-2-6-15(10-13)32(21,28)29)31-19-24-23-17(8-7-16(20)26)25(19)11-14-5-3-9-30-14/h2,4,6,10,12,14H,3,5,7-9,11H2,1H3,(H2,20,26)(H,22,27)(H2,21,28,29). The second-order valence-corrected chi connectivity index (χ2v) is 10.3. The van der Waals surface area contributed by atoms with E-state index in [-0.39, 0.29) is 23.3 Å². The number of primary amides is 1. The van der Waals surface area contributed by atoms with Gasteiger partial charge in [-0.2, -0.15) is 0 Å². The maximum absolute atomic E-state index is 12.7. The van der Waals surface area contributed by atoms with Gasteiger partial charge in [-0.05, 0) is 38.0 Å². The molecule has 1 aromatic heterocycles. The van der Waals surface area contributed by atoms with Gasteiger partial charge in [-0.25, -0.2) is 13.6 Å². The Hall–Kier alpha value is -2.48. The number of benzene rings is 1. The highest BCUT2D eigenvalue weighted by Gasteiger charge is 2.24. The number of thioether (sulfide) groups is 1. The zero-order chi connectivity index (χ0) is 23.3. The van der Waals surface area contributed by atoms with E-state index >= 15 is 0 Å². The number of aromatic nitrogens is 3. The van der Waals surface area contributed by atoms with E-state index in [1.54, 1.807) is 13.0 Å². The number of rotatable bonds is 10. The third-order valence-electron chi connectivity index (χ3n) is 4.88. The van der Waals surface area contributed by atoms with E-state index in [9.17, 15) is 18.0 Å². The average Bonchev–Trinajstić information content (AvgIpc) is 3.37. The molecule has 1 fully saturated rings. The summed E-state index contributed by atoms with van der Waals surface area (Å²) in [4.78, 5) is 23.8. The first-order chi connectivity index (χ1) is 15.1. The largest absolute Gasteiger partial charge is 0.376 e. The lowest BCUT2D eigenvalue weighted by Gasteiger charge is -2.16. The van der Waals surface area contributed by atoms with Crippen molar-refractivity contribution >= 4 is 39.3 Å². The van der Waals surface area contributed by atoms with Crippen LogP contribution in [0.1, 0.15) is 32.0 Å². The van der Waals surface area contributed by atoms with Gasteiger partial charge in [-0.3, -0.25) is 9.59 Å². The van der Waals surface area contributed by atoms with Crippen molar-refractivity contribution in [1.29, 1.82) is 0 Å². The Morgan fingerprint density at radius 1 is 1.38 bits per heavy atom. The number of sulfonamides is 1. The predicted molar refractivity (Wildman–Crippen MR) is 118 cm³/mol. The third kappa shape index (κ3) is 6.51. The Morgan fingerprint density at radius 2 is 2.16 bits per heavy atom. The number of aryl methyl sites for hydroxylation is 1. The first kappa shape index (κ1) is 24.2. The first-order valence-electron chi connectivity index (χ1n) is 10.1. The van der Waals surface area contributed by atoms with Crippen LogP contribution < -0.4 is 16.2 Å². The Bertz CT molecular complexity index is 1080. The van der Waals surface area contributed by atoms with E-state index in [1.807, 2.05) is 4.57 Å². The molecule has 3 rings (SSSR count). The topological polar surface area (TPSA) is 172 Å². The molecule has 2 atom stereocenters. The minimum atomic E-state index is -3.88. The molecule has 1 saturated heterocycles. The molecule has 2 unspecified atom stereocenters. The first-order valence-corrected chi connectivity index (χ1v) is 12.5. The second kappa shape index (κ2) is 10.4. The summed E-state index contributed by atoms with van der Waals surface area (Å²) in [7, 11) is -3.88. The highest BCUT2D eigenvalue weighted by molar-refractivity contribution is 8.00. The average molecular weight is 483 g/mol. The Morgan fingerprint density at radius 3 is 2.81 bits per heavy atom. The van der Waals surface area contributed by atoms with Gasteiger partial charge in [-0.1, -0.05) is 17.8 Å². The summed E-state index contributed by atoms with van der Waals surface area (Å²) in [5.74, 6) is -0.164. The molecule has 2 heterocycles. The van der Waals surface area contributed by atoms with Crippen LogP contribution in [0, 0.1) is 0 Å². The van der Waals surface area contributed by atoms with Crippen LogP contribution in [0.4, 0.5) is 5.69 Å². The summed E-state index contributed by atoms with van der Waals surface area (Å²) in [6.45, 7) is 2.92. The monoisotopic (exact) mass is 482 g/mol. The smallest absolute Gasteiger partial charge is 0.238 e.